The van der Waals surface area contributed by atoms with E-state index in [1.165, 1.54) is 28.4 Å². The summed E-state index contributed by atoms with van der Waals surface area (Å²) in [5, 5.41) is 2.18. The van der Waals surface area contributed by atoms with Crippen LogP contribution in [0.4, 0.5) is 10.1 Å². The number of methoxy groups -OCH3 is 1. The highest BCUT2D eigenvalue weighted by Crippen LogP contribution is 2.35. The highest BCUT2D eigenvalue weighted by molar-refractivity contribution is 7.20. The van der Waals surface area contributed by atoms with E-state index in [2.05, 4.69) is 4.98 Å². The third-order valence-corrected chi connectivity index (χ3v) is 5.72. The van der Waals surface area contributed by atoms with Gasteiger partial charge in [-0.1, -0.05) is 11.6 Å². The number of nitrogens with zero attached hydrogens (tertiary/aromatic N) is 2. The van der Waals surface area contributed by atoms with Crippen LogP contribution in [0.1, 0.15) is 9.67 Å². The molecule has 4 rings (SSSR count). The molecule has 7 heteroatoms. The molecule has 27 heavy (non-hydrogen) atoms. The number of carbonyl (C=O) groups is 1. The number of rotatable bonds is 3. The Morgan fingerprint density at radius 1 is 1.15 bits per heavy atom. The van der Waals surface area contributed by atoms with Crippen LogP contribution in [-0.2, 0) is 0 Å². The van der Waals surface area contributed by atoms with Crippen LogP contribution in [0.15, 0.2) is 48.5 Å². The molecule has 0 aliphatic carbocycles. The maximum Gasteiger partial charge on any atom is 0.268 e. The number of amides is 1. The summed E-state index contributed by atoms with van der Waals surface area (Å²) >= 11 is 7.66. The molecule has 2 aromatic carbocycles. The molecular formula is C20H14ClFN2O2S. The normalized spacial score (nSPS) is 11.1. The number of ether oxygens (including phenoxy) is 1. The maximum atomic E-state index is 13.1. The summed E-state index contributed by atoms with van der Waals surface area (Å²) in [6.45, 7) is 0. The number of aromatic nitrogens is 1. The van der Waals surface area contributed by atoms with Crippen LogP contribution in [0.2, 0.25) is 5.02 Å². The Balaban J connectivity index is 1.76. The molecule has 0 unspecified atom stereocenters. The zero-order chi connectivity index (χ0) is 19.1. The second kappa shape index (κ2) is 6.79. The number of anilines is 1. The van der Waals surface area contributed by atoms with Crippen LogP contribution in [0.3, 0.4) is 0 Å². The predicted molar refractivity (Wildman–Crippen MR) is 108 cm³/mol. The first kappa shape index (κ1) is 17.7. The van der Waals surface area contributed by atoms with Crippen molar-refractivity contribution in [2.24, 2.45) is 0 Å². The van der Waals surface area contributed by atoms with Crippen LogP contribution >= 0.6 is 22.9 Å². The van der Waals surface area contributed by atoms with Gasteiger partial charge in [0.15, 0.2) is 0 Å². The molecule has 0 saturated carbocycles. The van der Waals surface area contributed by atoms with Gasteiger partial charge in [-0.3, -0.25) is 4.79 Å². The van der Waals surface area contributed by atoms with Gasteiger partial charge in [-0.05, 0) is 48.5 Å². The first-order valence-electron chi connectivity index (χ1n) is 8.08. The molecule has 2 heterocycles. The Morgan fingerprint density at radius 3 is 2.59 bits per heavy atom. The molecular weight excluding hydrogens is 387 g/mol. The van der Waals surface area contributed by atoms with Crippen molar-refractivity contribution in [1.29, 1.82) is 0 Å². The largest absolute Gasteiger partial charge is 0.495 e. The molecule has 0 spiro atoms. The van der Waals surface area contributed by atoms with Gasteiger partial charge in [0.05, 0.1) is 17.5 Å². The van der Waals surface area contributed by atoms with E-state index >= 15 is 0 Å². The van der Waals surface area contributed by atoms with E-state index < -0.39 is 0 Å². The Labute approximate surface area is 163 Å². The van der Waals surface area contributed by atoms with E-state index in [1.807, 2.05) is 18.2 Å². The smallest absolute Gasteiger partial charge is 0.268 e. The molecule has 0 fully saturated rings. The molecule has 136 valence electrons. The van der Waals surface area contributed by atoms with Crippen molar-refractivity contribution >= 4 is 55.7 Å². The van der Waals surface area contributed by atoms with Gasteiger partial charge < -0.3 is 9.64 Å². The van der Waals surface area contributed by atoms with E-state index in [4.69, 9.17) is 16.3 Å². The second-order valence-electron chi connectivity index (χ2n) is 5.99. The van der Waals surface area contributed by atoms with E-state index in [1.54, 1.807) is 32.4 Å². The van der Waals surface area contributed by atoms with Gasteiger partial charge in [-0.15, -0.1) is 11.3 Å². The van der Waals surface area contributed by atoms with Crippen molar-refractivity contribution in [3.63, 3.8) is 0 Å². The van der Waals surface area contributed by atoms with Gasteiger partial charge in [0.2, 0.25) is 0 Å². The number of benzene rings is 2. The van der Waals surface area contributed by atoms with Crippen molar-refractivity contribution in [3.8, 4) is 5.75 Å². The zero-order valence-corrected chi connectivity index (χ0v) is 16.1. The van der Waals surface area contributed by atoms with Crippen molar-refractivity contribution in [2.45, 2.75) is 0 Å². The number of hydrogen-bond donors (Lipinski definition) is 0. The number of thiophene rings is 1. The molecule has 0 aliphatic heterocycles. The molecule has 4 nitrogen and oxygen atoms in total. The minimum absolute atomic E-state index is 0.183. The van der Waals surface area contributed by atoms with Gasteiger partial charge in [0.25, 0.3) is 5.91 Å². The first-order chi connectivity index (χ1) is 13.0. The number of carbonyl (C=O) groups excluding carboxylic acids is 1. The van der Waals surface area contributed by atoms with Crippen molar-refractivity contribution < 1.29 is 13.9 Å². The SMILES string of the molecule is COc1ccc2cc3cc(C(=O)N(C)c4ccc(F)cc4)sc3nc2c1Cl. The standard InChI is InChI=1S/C20H14ClFN2O2S/c1-24(14-6-4-13(22)5-7-14)20(25)16-10-12-9-11-3-8-15(26-2)17(21)18(11)23-19(12)27-16/h3-10H,1-2H3. The summed E-state index contributed by atoms with van der Waals surface area (Å²) < 4.78 is 18.3. The Kier molecular flexibility index (Phi) is 4.45. The monoisotopic (exact) mass is 400 g/mol. The molecule has 1 amide bonds. The van der Waals surface area contributed by atoms with Crippen LogP contribution in [-0.4, -0.2) is 25.0 Å². The fourth-order valence-corrected chi connectivity index (χ4v) is 4.14. The van der Waals surface area contributed by atoms with E-state index in [9.17, 15) is 9.18 Å². The average molecular weight is 401 g/mol. The maximum absolute atomic E-state index is 13.1. The summed E-state index contributed by atoms with van der Waals surface area (Å²) in [6.07, 6.45) is 0. The summed E-state index contributed by atoms with van der Waals surface area (Å²) in [5.74, 6) is 0.0296. The highest BCUT2D eigenvalue weighted by atomic mass is 35.5. The van der Waals surface area contributed by atoms with Gasteiger partial charge in [-0.2, -0.15) is 0 Å². The summed E-state index contributed by atoms with van der Waals surface area (Å²) in [6, 6.07) is 13.2. The van der Waals surface area contributed by atoms with Crippen LogP contribution < -0.4 is 9.64 Å². The van der Waals surface area contributed by atoms with Gasteiger partial charge in [-0.25, -0.2) is 9.37 Å². The molecule has 0 atom stereocenters. The van der Waals surface area contributed by atoms with Crippen LogP contribution in [0.25, 0.3) is 21.1 Å². The molecule has 0 N–H and O–H groups in total. The first-order valence-corrected chi connectivity index (χ1v) is 9.28. The minimum Gasteiger partial charge on any atom is -0.495 e. The van der Waals surface area contributed by atoms with Crippen molar-refractivity contribution in [2.75, 3.05) is 19.1 Å². The van der Waals surface area contributed by atoms with Crippen molar-refractivity contribution in [3.05, 3.63) is 64.2 Å². The lowest BCUT2D eigenvalue weighted by Gasteiger charge is -2.16. The van der Waals surface area contributed by atoms with Gasteiger partial charge in [0, 0.05) is 23.5 Å². The highest BCUT2D eigenvalue weighted by Gasteiger charge is 2.18. The van der Waals surface area contributed by atoms with Crippen LogP contribution in [0.5, 0.6) is 5.75 Å². The second-order valence-corrected chi connectivity index (χ2v) is 7.40. The lowest BCUT2D eigenvalue weighted by atomic mass is 10.2. The number of hydrogen-bond acceptors (Lipinski definition) is 4. The Hall–Kier alpha value is -2.70. The third kappa shape index (κ3) is 3.11. The Morgan fingerprint density at radius 2 is 1.89 bits per heavy atom. The zero-order valence-electron chi connectivity index (χ0n) is 14.5. The lowest BCUT2D eigenvalue weighted by molar-refractivity contribution is 0.0997. The molecule has 4 aromatic rings. The van der Waals surface area contributed by atoms with E-state index in [0.29, 0.717) is 31.7 Å². The molecule has 2 aromatic heterocycles. The molecule has 0 radical (unpaired) electrons. The fraction of sp³-hybridized carbons (Fsp3) is 0.100. The topological polar surface area (TPSA) is 42.4 Å². The minimum atomic E-state index is -0.343. The fourth-order valence-electron chi connectivity index (χ4n) is 2.86. The van der Waals surface area contributed by atoms with Gasteiger partial charge >= 0.3 is 0 Å². The van der Waals surface area contributed by atoms with E-state index in [-0.39, 0.29) is 11.7 Å². The predicted octanol–water partition coefficient (Wildman–Crippen LogP) is 5.53. The van der Waals surface area contributed by atoms with E-state index in [0.717, 1.165) is 10.8 Å². The molecule has 0 aliphatic rings. The van der Waals surface area contributed by atoms with Gasteiger partial charge in [0.1, 0.15) is 21.4 Å². The Bertz CT molecular complexity index is 1170. The van der Waals surface area contributed by atoms with Crippen molar-refractivity contribution in [1.82, 2.24) is 4.98 Å². The quantitative estimate of drug-likeness (QED) is 0.454. The number of fused-ring (bicyclic) bond motifs is 2. The average Bonchev–Trinajstić information content (AvgIpc) is 3.09. The van der Waals surface area contributed by atoms with Crippen LogP contribution in [0, 0.1) is 5.82 Å². The summed E-state index contributed by atoms with van der Waals surface area (Å²) in [5.41, 5.74) is 1.25. The number of halogens is 2. The molecule has 0 saturated heterocycles. The summed E-state index contributed by atoms with van der Waals surface area (Å²) in [4.78, 5) is 20.2. The number of pyridine rings is 1. The lowest BCUT2D eigenvalue weighted by Crippen LogP contribution is -2.25. The third-order valence-electron chi connectivity index (χ3n) is 4.33. The summed E-state index contributed by atoms with van der Waals surface area (Å²) in [7, 11) is 3.21. The molecule has 0 bridgehead atoms.